The number of rotatable bonds is 16. The van der Waals surface area contributed by atoms with Crippen molar-refractivity contribution in [3.63, 3.8) is 0 Å². The lowest BCUT2D eigenvalue weighted by Crippen LogP contribution is -2.29. The standard InChI is InChI=1S/C34H37FN2O8S/c1-3-44-34(39)25-6-4-22(5-7-25)20-43-17-16-42-15-14-37-46(40,41)21-26-18-30-29(19-28(26)23-8-9-23)31(33(38)36-2)32(45-30)24-10-12-27(35)13-11-24/h4-7,10-13,18-19,23,37H,3,8-9,14-17,20-21H2,1-2H3,(H,36,38). The number of hydrogen-bond donors (Lipinski definition) is 2. The number of halogens is 1. The predicted octanol–water partition coefficient (Wildman–Crippen LogP) is 5.31. The Balaban J connectivity index is 1.15. The molecule has 0 atom stereocenters. The average molecular weight is 653 g/mol. The Morgan fingerprint density at radius 3 is 2.37 bits per heavy atom. The third-order valence-electron chi connectivity index (χ3n) is 7.55. The normalized spacial score (nSPS) is 13.2. The van der Waals surface area contributed by atoms with Gasteiger partial charge >= 0.3 is 5.97 Å². The Morgan fingerprint density at radius 2 is 1.70 bits per heavy atom. The van der Waals surface area contributed by atoms with Crippen molar-refractivity contribution in [1.29, 1.82) is 0 Å². The molecule has 0 spiro atoms. The quantitative estimate of drug-likeness (QED) is 0.123. The lowest BCUT2D eigenvalue weighted by molar-refractivity contribution is 0.0426. The lowest BCUT2D eigenvalue weighted by Gasteiger charge is -2.12. The summed E-state index contributed by atoms with van der Waals surface area (Å²) in [5.41, 5.74) is 4.10. The van der Waals surface area contributed by atoms with Crippen LogP contribution in [0, 0.1) is 5.82 Å². The molecule has 0 unspecified atom stereocenters. The zero-order chi connectivity index (χ0) is 32.7. The molecule has 1 saturated carbocycles. The number of fused-ring (bicyclic) bond motifs is 1. The van der Waals surface area contributed by atoms with E-state index in [0.717, 1.165) is 24.0 Å². The average Bonchev–Trinajstić information content (AvgIpc) is 3.82. The number of hydrogen-bond acceptors (Lipinski definition) is 8. The number of furan rings is 1. The summed E-state index contributed by atoms with van der Waals surface area (Å²) in [6.45, 7) is 3.28. The van der Waals surface area contributed by atoms with Gasteiger partial charge in [0.2, 0.25) is 10.0 Å². The molecule has 46 heavy (non-hydrogen) atoms. The van der Waals surface area contributed by atoms with Gasteiger partial charge in [0.05, 0.1) is 49.9 Å². The van der Waals surface area contributed by atoms with E-state index in [4.69, 9.17) is 18.6 Å². The first kappa shape index (κ1) is 33.3. The van der Waals surface area contributed by atoms with Crippen molar-refractivity contribution in [2.75, 3.05) is 40.0 Å². The van der Waals surface area contributed by atoms with Gasteiger partial charge in [0, 0.05) is 24.5 Å². The Bertz CT molecular complexity index is 1780. The predicted molar refractivity (Wildman–Crippen MR) is 170 cm³/mol. The van der Waals surface area contributed by atoms with Gasteiger partial charge in [0.15, 0.2) is 0 Å². The Kier molecular flexibility index (Phi) is 10.8. The number of esters is 1. The van der Waals surface area contributed by atoms with E-state index in [2.05, 4.69) is 10.0 Å². The maximum atomic E-state index is 13.6. The molecule has 1 aliphatic rings. The van der Waals surface area contributed by atoms with Crippen LogP contribution in [-0.4, -0.2) is 60.3 Å². The molecule has 1 heterocycles. The maximum Gasteiger partial charge on any atom is 0.338 e. The molecule has 1 aliphatic carbocycles. The third kappa shape index (κ3) is 8.38. The second-order valence-electron chi connectivity index (χ2n) is 10.9. The number of amides is 1. The molecule has 0 bridgehead atoms. The highest BCUT2D eigenvalue weighted by Gasteiger charge is 2.31. The van der Waals surface area contributed by atoms with Crippen molar-refractivity contribution in [1.82, 2.24) is 10.0 Å². The number of ether oxygens (including phenoxy) is 3. The molecule has 1 fully saturated rings. The van der Waals surface area contributed by atoms with Gasteiger partial charge in [0.25, 0.3) is 5.91 Å². The number of nitrogens with one attached hydrogen (secondary N) is 2. The molecule has 4 aromatic rings. The van der Waals surface area contributed by atoms with E-state index in [1.54, 1.807) is 37.3 Å². The van der Waals surface area contributed by atoms with Gasteiger partial charge in [-0.3, -0.25) is 4.79 Å². The summed E-state index contributed by atoms with van der Waals surface area (Å²) >= 11 is 0. The van der Waals surface area contributed by atoms with E-state index >= 15 is 0 Å². The summed E-state index contributed by atoms with van der Waals surface area (Å²) in [4.78, 5) is 24.7. The molecular weight excluding hydrogens is 615 g/mol. The molecule has 2 N–H and O–H groups in total. The van der Waals surface area contributed by atoms with Gasteiger partial charge in [-0.2, -0.15) is 0 Å². The van der Waals surface area contributed by atoms with Crippen LogP contribution in [0.3, 0.4) is 0 Å². The zero-order valence-electron chi connectivity index (χ0n) is 25.8. The lowest BCUT2D eigenvalue weighted by atomic mass is 9.98. The van der Waals surface area contributed by atoms with Crippen LogP contribution in [0.15, 0.2) is 65.1 Å². The van der Waals surface area contributed by atoms with E-state index < -0.39 is 15.8 Å². The molecule has 12 heteroatoms. The zero-order valence-corrected chi connectivity index (χ0v) is 26.6. The van der Waals surface area contributed by atoms with Gasteiger partial charge in [0.1, 0.15) is 17.2 Å². The second-order valence-corrected chi connectivity index (χ2v) is 12.8. The fourth-order valence-corrected chi connectivity index (χ4v) is 6.30. The minimum Gasteiger partial charge on any atom is -0.462 e. The van der Waals surface area contributed by atoms with Crippen LogP contribution in [0.1, 0.15) is 63.1 Å². The molecule has 1 amide bonds. The first-order chi connectivity index (χ1) is 22.2. The van der Waals surface area contributed by atoms with Crippen molar-refractivity contribution < 1.29 is 41.0 Å². The Labute approximate surface area is 267 Å². The number of carbonyl (C=O) groups excluding carboxylic acids is 2. The highest BCUT2D eigenvalue weighted by Crippen LogP contribution is 2.45. The van der Waals surface area contributed by atoms with Gasteiger partial charge in [-0.25, -0.2) is 22.3 Å². The SMILES string of the molecule is CCOC(=O)c1ccc(COCCOCCNS(=O)(=O)Cc2cc3oc(-c4ccc(F)cc4)c(C(=O)NC)c3cc2C2CC2)cc1. The van der Waals surface area contributed by atoms with Crippen LogP contribution in [-0.2, 0) is 36.6 Å². The first-order valence-electron chi connectivity index (χ1n) is 15.1. The fourth-order valence-electron chi connectivity index (χ4n) is 5.14. The van der Waals surface area contributed by atoms with E-state index in [1.807, 2.05) is 6.07 Å². The minimum absolute atomic E-state index is 0.0922. The van der Waals surface area contributed by atoms with Crippen molar-refractivity contribution in [2.24, 2.45) is 0 Å². The van der Waals surface area contributed by atoms with E-state index in [-0.39, 0.29) is 43.3 Å². The second kappa shape index (κ2) is 15.0. The van der Waals surface area contributed by atoms with Gasteiger partial charge in [-0.1, -0.05) is 12.1 Å². The number of benzene rings is 3. The summed E-state index contributed by atoms with van der Waals surface area (Å²) in [5, 5.41) is 3.23. The fraction of sp³-hybridized carbons (Fsp3) is 0.353. The van der Waals surface area contributed by atoms with Crippen LogP contribution in [0.2, 0.25) is 0 Å². The summed E-state index contributed by atoms with van der Waals surface area (Å²) in [5.74, 6) is -0.884. The molecule has 0 saturated heterocycles. The molecule has 3 aromatic carbocycles. The molecule has 0 radical (unpaired) electrons. The molecule has 10 nitrogen and oxygen atoms in total. The molecular formula is C34H37FN2O8S. The minimum atomic E-state index is -3.72. The number of sulfonamides is 1. The largest absolute Gasteiger partial charge is 0.462 e. The van der Waals surface area contributed by atoms with Gasteiger partial charge in [-0.05, 0) is 90.9 Å². The summed E-state index contributed by atoms with van der Waals surface area (Å²) in [6, 6.07) is 16.2. The Hall–Kier alpha value is -4.10. The van der Waals surface area contributed by atoms with E-state index in [9.17, 15) is 22.4 Å². The topological polar surface area (TPSA) is 133 Å². The highest BCUT2D eigenvalue weighted by molar-refractivity contribution is 7.88. The Morgan fingerprint density at radius 1 is 0.978 bits per heavy atom. The summed E-state index contributed by atoms with van der Waals surface area (Å²) in [7, 11) is -2.19. The molecule has 244 valence electrons. The van der Waals surface area contributed by atoms with Gasteiger partial charge < -0.3 is 23.9 Å². The highest BCUT2D eigenvalue weighted by atomic mass is 32.2. The smallest absolute Gasteiger partial charge is 0.338 e. The van der Waals surface area contributed by atoms with E-state index in [1.165, 1.54) is 31.3 Å². The van der Waals surface area contributed by atoms with Crippen LogP contribution in [0.5, 0.6) is 0 Å². The van der Waals surface area contributed by atoms with Crippen LogP contribution < -0.4 is 10.0 Å². The van der Waals surface area contributed by atoms with E-state index in [0.29, 0.717) is 58.8 Å². The number of carbonyl (C=O) groups is 2. The first-order valence-corrected chi connectivity index (χ1v) is 16.8. The van der Waals surface area contributed by atoms with Crippen molar-refractivity contribution in [3.8, 4) is 11.3 Å². The molecule has 1 aromatic heterocycles. The monoisotopic (exact) mass is 652 g/mol. The van der Waals surface area contributed by atoms with Crippen molar-refractivity contribution in [3.05, 3.63) is 94.3 Å². The van der Waals surface area contributed by atoms with Crippen LogP contribution in [0.4, 0.5) is 4.39 Å². The van der Waals surface area contributed by atoms with Crippen molar-refractivity contribution >= 4 is 32.9 Å². The summed E-state index contributed by atoms with van der Waals surface area (Å²) < 4.78 is 64.5. The van der Waals surface area contributed by atoms with Gasteiger partial charge in [-0.15, -0.1) is 0 Å². The van der Waals surface area contributed by atoms with Crippen LogP contribution >= 0.6 is 0 Å². The third-order valence-corrected chi connectivity index (χ3v) is 8.88. The van der Waals surface area contributed by atoms with Crippen molar-refractivity contribution in [2.45, 2.75) is 38.0 Å². The summed E-state index contributed by atoms with van der Waals surface area (Å²) in [6.07, 6.45) is 1.86. The molecule has 5 rings (SSSR count). The maximum absolute atomic E-state index is 13.6. The van der Waals surface area contributed by atoms with Crippen LogP contribution in [0.25, 0.3) is 22.3 Å². The molecule has 0 aliphatic heterocycles.